The number of nitrogens with one attached hydrogen (secondary N) is 2. The fourth-order valence-electron chi connectivity index (χ4n) is 2.45. The molecule has 0 bridgehead atoms. The molecule has 0 spiro atoms. The van der Waals surface area contributed by atoms with Gasteiger partial charge in [-0.3, -0.25) is 4.98 Å². The predicted octanol–water partition coefficient (Wildman–Crippen LogP) is 3.05. The lowest BCUT2D eigenvalue weighted by Crippen LogP contribution is -2.35. The molecule has 0 saturated carbocycles. The first-order chi connectivity index (χ1) is 8.84. The van der Waals surface area contributed by atoms with Crippen molar-refractivity contribution in [1.82, 2.24) is 10.3 Å². The van der Waals surface area contributed by atoms with Gasteiger partial charge in [0, 0.05) is 23.3 Å². The monoisotopic (exact) mass is 261 g/mol. The number of anilines is 1. The Morgan fingerprint density at radius 2 is 2.06 bits per heavy atom. The summed E-state index contributed by atoms with van der Waals surface area (Å²) in [6.07, 6.45) is 4.09. The van der Waals surface area contributed by atoms with E-state index < -0.39 is 0 Å². The van der Waals surface area contributed by atoms with Crippen LogP contribution in [-0.2, 0) is 0 Å². The Labute approximate surface area is 112 Å². The summed E-state index contributed by atoms with van der Waals surface area (Å²) in [5.74, 6) is 0. The Kier molecular flexibility index (Phi) is 3.35. The molecular weight excluding hydrogens is 246 g/mol. The molecule has 1 aromatic heterocycles. The Morgan fingerprint density at radius 3 is 2.89 bits per heavy atom. The van der Waals surface area contributed by atoms with Crippen LogP contribution in [0.25, 0.3) is 10.9 Å². The molecule has 1 aliphatic rings. The van der Waals surface area contributed by atoms with Gasteiger partial charge >= 0.3 is 0 Å². The minimum atomic E-state index is 0.538. The number of rotatable bonds is 2. The summed E-state index contributed by atoms with van der Waals surface area (Å²) in [6, 6.07) is 8.52. The van der Waals surface area contributed by atoms with Crippen LogP contribution < -0.4 is 10.6 Å². The van der Waals surface area contributed by atoms with Crippen LogP contribution in [-0.4, -0.2) is 24.1 Å². The molecular formula is C14H16ClN3. The lowest BCUT2D eigenvalue weighted by Gasteiger charge is -2.25. The van der Waals surface area contributed by atoms with Crippen molar-refractivity contribution in [2.75, 3.05) is 18.4 Å². The van der Waals surface area contributed by atoms with Gasteiger partial charge in [-0.2, -0.15) is 0 Å². The van der Waals surface area contributed by atoms with Gasteiger partial charge in [0.25, 0.3) is 0 Å². The zero-order valence-corrected chi connectivity index (χ0v) is 10.9. The van der Waals surface area contributed by atoms with Crippen LogP contribution in [0.1, 0.15) is 12.8 Å². The third-order valence-corrected chi connectivity index (χ3v) is 3.72. The first-order valence-electron chi connectivity index (χ1n) is 6.35. The van der Waals surface area contributed by atoms with Crippen molar-refractivity contribution < 1.29 is 0 Å². The van der Waals surface area contributed by atoms with Gasteiger partial charge in [-0.05, 0) is 50.2 Å². The van der Waals surface area contributed by atoms with Gasteiger partial charge < -0.3 is 10.6 Å². The van der Waals surface area contributed by atoms with E-state index >= 15 is 0 Å². The molecule has 1 aliphatic heterocycles. The Balaban J connectivity index is 1.94. The highest BCUT2D eigenvalue weighted by Gasteiger charge is 2.14. The van der Waals surface area contributed by atoms with Crippen molar-refractivity contribution in [3.05, 3.63) is 35.5 Å². The largest absolute Gasteiger partial charge is 0.382 e. The van der Waals surface area contributed by atoms with Crippen molar-refractivity contribution >= 4 is 28.2 Å². The first kappa shape index (κ1) is 11.8. The molecule has 1 saturated heterocycles. The summed E-state index contributed by atoms with van der Waals surface area (Å²) in [7, 11) is 0. The number of halogens is 1. The van der Waals surface area contributed by atoms with E-state index in [1.807, 2.05) is 18.2 Å². The van der Waals surface area contributed by atoms with Gasteiger partial charge in [-0.25, -0.2) is 0 Å². The molecule has 0 atom stereocenters. The highest BCUT2D eigenvalue weighted by molar-refractivity contribution is 6.35. The molecule has 1 aromatic carbocycles. The van der Waals surface area contributed by atoms with Crippen LogP contribution in [0.5, 0.6) is 0 Å². The highest BCUT2D eigenvalue weighted by Crippen LogP contribution is 2.29. The summed E-state index contributed by atoms with van der Waals surface area (Å²) < 4.78 is 0. The van der Waals surface area contributed by atoms with Gasteiger partial charge in [0.05, 0.1) is 10.5 Å². The number of hydrogen-bond acceptors (Lipinski definition) is 3. The molecule has 0 radical (unpaired) electrons. The number of hydrogen-bond donors (Lipinski definition) is 2. The normalized spacial score (nSPS) is 16.9. The Hall–Kier alpha value is -1.32. The molecule has 2 N–H and O–H groups in total. The number of pyridine rings is 1. The van der Waals surface area contributed by atoms with Crippen LogP contribution in [0.2, 0.25) is 5.02 Å². The smallest absolute Gasteiger partial charge is 0.0908 e. The summed E-state index contributed by atoms with van der Waals surface area (Å²) in [5.41, 5.74) is 2.01. The van der Waals surface area contributed by atoms with E-state index in [1.165, 1.54) is 0 Å². The van der Waals surface area contributed by atoms with Crippen molar-refractivity contribution in [2.45, 2.75) is 18.9 Å². The van der Waals surface area contributed by atoms with E-state index in [0.29, 0.717) is 11.1 Å². The molecule has 2 heterocycles. The molecule has 0 unspecified atom stereocenters. The summed E-state index contributed by atoms with van der Waals surface area (Å²) in [6.45, 7) is 2.17. The predicted molar refractivity (Wildman–Crippen MR) is 76.3 cm³/mol. The number of piperidine rings is 1. The molecule has 1 fully saturated rings. The van der Waals surface area contributed by atoms with E-state index in [-0.39, 0.29) is 0 Å². The van der Waals surface area contributed by atoms with Crippen molar-refractivity contribution in [1.29, 1.82) is 0 Å². The molecule has 0 aliphatic carbocycles. The molecule has 18 heavy (non-hydrogen) atoms. The molecule has 2 aromatic rings. The molecule has 0 amide bonds. The fraction of sp³-hybridized carbons (Fsp3) is 0.357. The van der Waals surface area contributed by atoms with Gasteiger partial charge in [-0.15, -0.1) is 0 Å². The maximum absolute atomic E-state index is 6.17. The van der Waals surface area contributed by atoms with E-state index in [2.05, 4.69) is 21.7 Å². The number of nitrogens with zero attached hydrogens (tertiary/aromatic N) is 1. The van der Waals surface area contributed by atoms with E-state index in [9.17, 15) is 0 Å². The average Bonchev–Trinajstić information content (AvgIpc) is 2.44. The molecule has 4 heteroatoms. The third kappa shape index (κ3) is 2.28. The van der Waals surface area contributed by atoms with Gasteiger partial charge in [0.15, 0.2) is 0 Å². The third-order valence-electron chi connectivity index (χ3n) is 3.42. The minimum absolute atomic E-state index is 0.538. The fourth-order valence-corrected chi connectivity index (χ4v) is 2.66. The van der Waals surface area contributed by atoms with Gasteiger partial charge in [-0.1, -0.05) is 11.6 Å². The van der Waals surface area contributed by atoms with Crippen molar-refractivity contribution in [3.8, 4) is 0 Å². The molecule has 94 valence electrons. The van der Waals surface area contributed by atoms with Gasteiger partial charge in [0.2, 0.25) is 0 Å². The topological polar surface area (TPSA) is 37.0 Å². The number of benzene rings is 1. The zero-order chi connectivity index (χ0) is 12.4. The highest BCUT2D eigenvalue weighted by atomic mass is 35.5. The second kappa shape index (κ2) is 5.12. The minimum Gasteiger partial charge on any atom is -0.382 e. The quantitative estimate of drug-likeness (QED) is 0.873. The van der Waals surface area contributed by atoms with E-state index in [0.717, 1.165) is 42.5 Å². The van der Waals surface area contributed by atoms with Crippen LogP contribution >= 0.6 is 11.6 Å². The van der Waals surface area contributed by atoms with Crippen molar-refractivity contribution in [2.24, 2.45) is 0 Å². The second-order valence-electron chi connectivity index (χ2n) is 4.66. The van der Waals surface area contributed by atoms with E-state index in [1.54, 1.807) is 6.20 Å². The number of aromatic nitrogens is 1. The van der Waals surface area contributed by atoms with Crippen LogP contribution in [0, 0.1) is 0 Å². The van der Waals surface area contributed by atoms with Gasteiger partial charge in [0.1, 0.15) is 0 Å². The zero-order valence-electron chi connectivity index (χ0n) is 10.1. The maximum Gasteiger partial charge on any atom is 0.0908 e. The van der Waals surface area contributed by atoms with Crippen molar-refractivity contribution in [3.63, 3.8) is 0 Å². The Morgan fingerprint density at radius 1 is 1.22 bits per heavy atom. The molecule has 3 nitrogen and oxygen atoms in total. The lowest BCUT2D eigenvalue weighted by atomic mass is 10.1. The molecule has 3 rings (SSSR count). The summed E-state index contributed by atoms with van der Waals surface area (Å²) in [5, 5.41) is 8.80. The van der Waals surface area contributed by atoms with Crippen LogP contribution in [0.3, 0.4) is 0 Å². The second-order valence-corrected chi connectivity index (χ2v) is 5.07. The summed E-state index contributed by atoms with van der Waals surface area (Å²) >= 11 is 6.17. The summed E-state index contributed by atoms with van der Waals surface area (Å²) in [4.78, 5) is 4.35. The Bertz CT molecular complexity index is 550. The number of fused-ring (bicyclic) bond motifs is 1. The standard InChI is InChI=1S/C14H16ClN3/c15-12-3-4-13(11-2-1-7-17-14(11)12)18-10-5-8-16-9-6-10/h1-4,7,10,16,18H,5-6,8-9H2. The van der Waals surface area contributed by atoms with Crippen LogP contribution in [0.15, 0.2) is 30.5 Å². The first-order valence-corrected chi connectivity index (χ1v) is 6.73. The maximum atomic E-state index is 6.17. The van der Waals surface area contributed by atoms with E-state index in [4.69, 9.17) is 11.6 Å². The lowest BCUT2D eigenvalue weighted by molar-refractivity contribution is 0.479. The average molecular weight is 262 g/mol. The SMILES string of the molecule is Clc1ccc(NC2CCNCC2)c2cccnc12. The van der Waals surface area contributed by atoms with Crippen LogP contribution in [0.4, 0.5) is 5.69 Å².